The summed E-state index contributed by atoms with van der Waals surface area (Å²) in [5.74, 6) is -2.45. The number of hydrogen-bond acceptors (Lipinski definition) is 6. The second kappa shape index (κ2) is 9.63. The molecule has 0 saturated carbocycles. The molecule has 0 aliphatic rings. The van der Waals surface area contributed by atoms with Gasteiger partial charge in [-0.1, -0.05) is 0 Å². The number of nitrogens with two attached hydrogens (primary N) is 1. The van der Waals surface area contributed by atoms with Gasteiger partial charge in [-0.05, 0) is 19.4 Å². The molecule has 0 heterocycles. The Labute approximate surface area is 132 Å². The third-order valence-electron chi connectivity index (χ3n) is 1.94. The van der Waals surface area contributed by atoms with E-state index in [0.717, 1.165) is 0 Å². The third kappa shape index (κ3) is 13.5. The number of carbonyl (C=O) groups excluding carboxylic acids is 1. The molecule has 2 atom stereocenters. The summed E-state index contributed by atoms with van der Waals surface area (Å²) in [6.45, 7) is 0.215. The molecule has 0 aromatic carbocycles. The van der Waals surface area contributed by atoms with Crippen LogP contribution in [-0.2, 0) is 13.9 Å². The number of carbonyl (C=O) groups is 1. The van der Waals surface area contributed by atoms with Crippen LogP contribution in [0.3, 0.4) is 0 Å². The van der Waals surface area contributed by atoms with Crippen molar-refractivity contribution < 1.29 is 63.3 Å². The summed E-state index contributed by atoms with van der Waals surface area (Å²) < 4.78 is 21.9. The van der Waals surface area contributed by atoms with Gasteiger partial charge in [0.25, 0.3) is 0 Å². The molecular weight excluding hydrogens is 309 g/mol. The zero-order chi connectivity index (χ0) is 14.4. The molecule has 0 aliphatic heterocycles. The van der Waals surface area contributed by atoms with Gasteiger partial charge in [-0.2, -0.15) is 0 Å². The maximum absolute atomic E-state index is 11.3. The number of aliphatic carboxylic acids is 1. The first-order valence-electron chi connectivity index (χ1n) is 5.06. The Morgan fingerprint density at radius 2 is 1.84 bits per heavy atom. The molecule has 9 nitrogen and oxygen atoms in total. The standard InChI is InChI=1S/C7H18N2O7P2.Na/c8-6(7(10)11)2-1-3-9-4-17(12,13)5-18(14,15)16;/h6,9H,1-5,8H2,(H,10,11)(H,12,13)(H2,14,15,16);/q;+1/p-1/t6-;/m0./s1. The number of nitrogens with one attached hydrogen (secondary N) is 1. The molecule has 6 N–H and O–H groups in total. The van der Waals surface area contributed by atoms with Gasteiger partial charge in [0.1, 0.15) is 5.90 Å². The minimum Gasteiger partial charge on any atom is -0.548 e. The number of carboxylic acids is 1. The predicted octanol–water partition coefficient (Wildman–Crippen LogP) is -5.20. The van der Waals surface area contributed by atoms with E-state index in [4.69, 9.17) is 15.5 Å². The van der Waals surface area contributed by atoms with Crippen molar-refractivity contribution >= 4 is 20.9 Å². The molecule has 0 fully saturated rings. The Balaban J connectivity index is 0. The van der Waals surface area contributed by atoms with Crippen LogP contribution in [0.5, 0.6) is 0 Å². The van der Waals surface area contributed by atoms with Crippen LogP contribution in [0.25, 0.3) is 0 Å². The molecule has 0 amide bonds. The van der Waals surface area contributed by atoms with Gasteiger partial charge < -0.3 is 35.6 Å². The van der Waals surface area contributed by atoms with Gasteiger partial charge in [-0.25, -0.2) is 0 Å². The topological polar surface area (TPSA) is 173 Å². The Hall–Kier alpha value is 0.730. The zero-order valence-corrected chi connectivity index (χ0v) is 14.3. The molecule has 0 saturated heterocycles. The number of rotatable bonds is 9. The second-order valence-corrected chi connectivity index (χ2v) is 8.35. The van der Waals surface area contributed by atoms with E-state index in [1.165, 1.54) is 0 Å². The van der Waals surface area contributed by atoms with Gasteiger partial charge in [-0.3, -0.25) is 9.13 Å². The van der Waals surface area contributed by atoms with Crippen molar-refractivity contribution in [3.63, 3.8) is 0 Å². The molecule has 0 aromatic heterocycles. The molecule has 19 heavy (non-hydrogen) atoms. The fourth-order valence-electron chi connectivity index (χ4n) is 1.16. The van der Waals surface area contributed by atoms with Crippen LogP contribution in [0, 0.1) is 0 Å². The molecule has 12 heteroatoms. The Morgan fingerprint density at radius 3 is 2.26 bits per heavy atom. The molecule has 0 aromatic rings. The minimum atomic E-state index is -4.53. The van der Waals surface area contributed by atoms with E-state index in [0.29, 0.717) is 6.42 Å². The Bertz CT molecular complexity index is 374. The van der Waals surface area contributed by atoms with Crippen molar-refractivity contribution in [2.45, 2.75) is 18.9 Å². The van der Waals surface area contributed by atoms with Gasteiger partial charge in [-0.15, -0.1) is 0 Å². The minimum absolute atomic E-state index is 0. The monoisotopic (exact) mass is 326 g/mol. The average molecular weight is 326 g/mol. The first-order chi connectivity index (χ1) is 8.03. The van der Waals surface area contributed by atoms with Gasteiger partial charge >= 0.3 is 37.2 Å². The first kappa shape index (κ1) is 22.0. The van der Waals surface area contributed by atoms with Crippen molar-refractivity contribution in [1.82, 2.24) is 5.32 Å². The fraction of sp³-hybridized carbons (Fsp3) is 0.857. The van der Waals surface area contributed by atoms with Crippen molar-refractivity contribution in [3.8, 4) is 0 Å². The van der Waals surface area contributed by atoms with Crippen LogP contribution >= 0.6 is 15.0 Å². The molecular formula is C7H17N2NaO7P2. The van der Waals surface area contributed by atoms with Crippen molar-refractivity contribution in [1.29, 1.82) is 0 Å². The molecule has 0 radical (unpaired) electrons. The van der Waals surface area contributed by atoms with Crippen molar-refractivity contribution in [2.24, 2.45) is 5.73 Å². The van der Waals surface area contributed by atoms with E-state index >= 15 is 0 Å². The largest absolute Gasteiger partial charge is 1.00 e. The quantitative estimate of drug-likeness (QED) is 0.158. The van der Waals surface area contributed by atoms with Gasteiger partial charge in [0.2, 0.25) is 7.37 Å². The normalized spacial score (nSPS) is 16.2. The average Bonchev–Trinajstić information content (AvgIpc) is 2.12. The van der Waals surface area contributed by atoms with E-state index < -0.39 is 39.2 Å². The van der Waals surface area contributed by atoms with Crippen LogP contribution in [0.4, 0.5) is 0 Å². The summed E-state index contributed by atoms with van der Waals surface area (Å²) >= 11 is 0. The van der Waals surface area contributed by atoms with Gasteiger partial charge in [0, 0.05) is 6.04 Å². The first-order valence-corrected chi connectivity index (χ1v) is 8.89. The van der Waals surface area contributed by atoms with Crippen molar-refractivity contribution in [3.05, 3.63) is 0 Å². The van der Waals surface area contributed by atoms with E-state index in [1.807, 2.05) is 0 Å². The molecule has 108 valence electrons. The zero-order valence-electron chi connectivity index (χ0n) is 10.6. The summed E-state index contributed by atoms with van der Waals surface area (Å²) in [7, 11) is -8.46. The smallest absolute Gasteiger partial charge is 0.548 e. The maximum Gasteiger partial charge on any atom is 1.00 e. The maximum atomic E-state index is 11.3. The summed E-state index contributed by atoms with van der Waals surface area (Å²) in [5.41, 5.74) is 5.17. The third-order valence-corrected chi connectivity index (χ3v) is 5.89. The van der Waals surface area contributed by atoms with E-state index in [2.05, 4.69) is 5.32 Å². The summed E-state index contributed by atoms with van der Waals surface area (Å²) in [5, 5.41) is 12.8. The predicted molar refractivity (Wildman–Crippen MR) is 61.8 cm³/mol. The van der Waals surface area contributed by atoms with Crippen LogP contribution in [0.1, 0.15) is 12.8 Å². The number of carboxylic acid groups (broad SMARTS) is 1. The second-order valence-electron chi connectivity index (χ2n) is 3.88. The molecule has 0 rings (SSSR count). The van der Waals surface area contributed by atoms with E-state index in [-0.39, 0.29) is 42.5 Å². The van der Waals surface area contributed by atoms with Crippen LogP contribution in [0.2, 0.25) is 0 Å². The van der Waals surface area contributed by atoms with Crippen LogP contribution < -0.4 is 45.7 Å². The summed E-state index contributed by atoms with van der Waals surface area (Å²) in [4.78, 5) is 36.6. The Kier molecular flexibility index (Phi) is 11.2. The molecule has 0 bridgehead atoms. The van der Waals surface area contributed by atoms with E-state index in [1.54, 1.807) is 0 Å². The van der Waals surface area contributed by atoms with E-state index in [9.17, 15) is 23.9 Å². The molecule has 0 spiro atoms. The summed E-state index contributed by atoms with van der Waals surface area (Å²) in [6, 6.07) is -1.09. The summed E-state index contributed by atoms with van der Waals surface area (Å²) in [6.07, 6.45) is 0.0350. The fourth-order valence-corrected chi connectivity index (χ4v) is 4.37. The van der Waals surface area contributed by atoms with Crippen LogP contribution in [-0.4, -0.2) is 45.4 Å². The van der Waals surface area contributed by atoms with Gasteiger partial charge in [0.05, 0.1) is 12.3 Å². The molecule has 0 aliphatic carbocycles. The molecule has 1 unspecified atom stereocenters. The number of hydrogen-bond donors (Lipinski definition) is 5. The van der Waals surface area contributed by atoms with Gasteiger partial charge in [0.15, 0.2) is 0 Å². The van der Waals surface area contributed by atoms with Crippen molar-refractivity contribution in [2.75, 3.05) is 18.7 Å². The SMILES string of the molecule is N[C@@H](CCCNCP(=O)(O)CP(=O)(O)O)C(=O)[O-].[Na+]. The Morgan fingerprint density at radius 1 is 1.32 bits per heavy atom. The van der Waals surface area contributed by atoms with Crippen LogP contribution in [0.15, 0.2) is 0 Å².